The molecule has 1 aromatic carbocycles. The molecule has 0 aliphatic heterocycles. The number of aliphatic hydroxyl groups is 1. The number of rotatable bonds is 13. The highest BCUT2D eigenvalue weighted by molar-refractivity contribution is 5.90. The van der Waals surface area contributed by atoms with Crippen LogP contribution in [0.5, 0.6) is 5.75 Å². The largest absolute Gasteiger partial charge is 0.508 e. The van der Waals surface area contributed by atoms with Crippen LogP contribution in [-0.2, 0) is 20.8 Å². The highest BCUT2D eigenvalue weighted by Crippen LogP contribution is 2.12. The number of hydrogen-bond acceptors (Lipinski definition) is 6. The van der Waals surface area contributed by atoms with Crippen molar-refractivity contribution < 1.29 is 24.6 Å². The van der Waals surface area contributed by atoms with Crippen molar-refractivity contribution in [3.05, 3.63) is 29.8 Å². The number of guanidine groups is 1. The van der Waals surface area contributed by atoms with Gasteiger partial charge in [0, 0.05) is 6.54 Å². The Morgan fingerprint density at radius 1 is 1.10 bits per heavy atom. The number of carbonyl (C=O) groups is 3. The van der Waals surface area contributed by atoms with Gasteiger partial charge < -0.3 is 37.1 Å². The molecule has 0 heterocycles. The van der Waals surface area contributed by atoms with Gasteiger partial charge in [-0.2, -0.15) is 0 Å². The van der Waals surface area contributed by atoms with E-state index in [1.54, 1.807) is 26.0 Å². The Morgan fingerprint density at radius 2 is 1.74 bits per heavy atom. The van der Waals surface area contributed by atoms with Crippen molar-refractivity contribution in [2.24, 2.45) is 22.4 Å². The number of nitrogens with one attached hydrogen (secondary N) is 2. The summed E-state index contributed by atoms with van der Waals surface area (Å²) in [5.41, 5.74) is 11.3. The number of carbonyl (C=O) groups excluding carboxylic acids is 3. The lowest BCUT2D eigenvalue weighted by Crippen LogP contribution is -2.54. The molecule has 10 nitrogen and oxygen atoms in total. The molecule has 3 unspecified atom stereocenters. The second-order valence-electron chi connectivity index (χ2n) is 7.65. The fraction of sp³-hybridized carbons (Fsp3) is 0.524. The number of nitrogens with two attached hydrogens (primary N) is 2. The Bertz CT molecular complexity index is 747. The molecule has 31 heavy (non-hydrogen) atoms. The molecular formula is C21H33N5O5. The van der Waals surface area contributed by atoms with E-state index >= 15 is 0 Å². The summed E-state index contributed by atoms with van der Waals surface area (Å²) in [5, 5.41) is 24.6. The number of aliphatic hydroxyl groups excluding tert-OH is 1. The highest BCUT2D eigenvalue weighted by Gasteiger charge is 2.28. The average Bonchev–Trinajstić information content (AvgIpc) is 2.72. The van der Waals surface area contributed by atoms with Crippen LogP contribution in [0.1, 0.15) is 38.7 Å². The topological polar surface area (TPSA) is 180 Å². The van der Waals surface area contributed by atoms with Gasteiger partial charge in [0.05, 0.1) is 6.04 Å². The van der Waals surface area contributed by atoms with Gasteiger partial charge in [-0.1, -0.05) is 26.0 Å². The zero-order valence-corrected chi connectivity index (χ0v) is 18.0. The van der Waals surface area contributed by atoms with Gasteiger partial charge in [-0.15, -0.1) is 0 Å². The standard InChI is InChI=1S/C21H33N5O5/c1-13(2)18(20(31)25-15(12-27)4-3-11-24-21(22)23)26-19(30)17(29)10-7-14-5-8-16(28)9-6-14/h5-6,8-9,12-13,15,17-18,28-29H,3-4,7,10-11H2,1-2H3,(H,25,31)(H,26,30)(H4,22,23,24). The minimum absolute atomic E-state index is 0.0433. The number of phenols is 1. The Labute approximate surface area is 182 Å². The van der Waals surface area contributed by atoms with Gasteiger partial charge in [0.1, 0.15) is 24.2 Å². The van der Waals surface area contributed by atoms with Gasteiger partial charge in [0.25, 0.3) is 0 Å². The van der Waals surface area contributed by atoms with Crippen LogP contribution in [0.15, 0.2) is 29.3 Å². The van der Waals surface area contributed by atoms with Crippen LogP contribution in [0, 0.1) is 5.92 Å². The van der Waals surface area contributed by atoms with Crippen molar-refractivity contribution in [2.75, 3.05) is 6.54 Å². The molecule has 0 radical (unpaired) electrons. The summed E-state index contributed by atoms with van der Waals surface area (Å²) in [6.07, 6.45) is 0.751. The van der Waals surface area contributed by atoms with E-state index in [0.717, 1.165) is 5.56 Å². The summed E-state index contributed by atoms with van der Waals surface area (Å²) in [6, 6.07) is 4.83. The normalized spacial score (nSPS) is 13.7. The van der Waals surface area contributed by atoms with E-state index in [4.69, 9.17) is 11.5 Å². The van der Waals surface area contributed by atoms with Crippen molar-refractivity contribution in [3.63, 3.8) is 0 Å². The maximum atomic E-state index is 12.6. The molecule has 0 saturated carbocycles. The highest BCUT2D eigenvalue weighted by atomic mass is 16.3. The molecule has 10 heteroatoms. The number of benzene rings is 1. The first kappa shape index (κ1) is 25.9. The number of hydrogen-bond donors (Lipinski definition) is 6. The van der Waals surface area contributed by atoms with Crippen molar-refractivity contribution in [1.82, 2.24) is 10.6 Å². The summed E-state index contributed by atoms with van der Waals surface area (Å²) < 4.78 is 0. The van der Waals surface area contributed by atoms with Gasteiger partial charge in [-0.3, -0.25) is 14.6 Å². The fourth-order valence-corrected chi connectivity index (χ4v) is 2.85. The maximum Gasteiger partial charge on any atom is 0.249 e. The Kier molecular flexibility index (Phi) is 11.0. The Balaban J connectivity index is 2.58. The number of nitrogens with zero attached hydrogens (tertiary/aromatic N) is 1. The second kappa shape index (κ2) is 13.2. The first-order valence-electron chi connectivity index (χ1n) is 10.2. The van der Waals surface area contributed by atoms with E-state index < -0.39 is 30.0 Å². The molecule has 0 aliphatic carbocycles. The van der Waals surface area contributed by atoms with Gasteiger partial charge in [-0.25, -0.2) is 0 Å². The molecule has 0 aromatic heterocycles. The van der Waals surface area contributed by atoms with Crippen molar-refractivity contribution in [3.8, 4) is 5.75 Å². The number of aromatic hydroxyl groups is 1. The third-order valence-electron chi connectivity index (χ3n) is 4.65. The first-order valence-corrected chi connectivity index (χ1v) is 10.2. The zero-order chi connectivity index (χ0) is 23.4. The van der Waals surface area contributed by atoms with Crippen molar-refractivity contribution >= 4 is 24.1 Å². The molecule has 3 atom stereocenters. The smallest absolute Gasteiger partial charge is 0.249 e. The molecule has 172 valence electrons. The lowest BCUT2D eigenvalue weighted by Gasteiger charge is -2.24. The molecule has 8 N–H and O–H groups in total. The number of phenolic OH excluding ortho intramolecular Hbond substituents is 1. The van der Waals surface area contributed by atoms with E-state index in [1.165, 1.54) is 12.1 Å². The molecule has 1 aromatic rings. The number of aliphatic imine (C=N–C) groups is 1. The lowest BCUT2D eigenvalue weighted by molar-refractivity contribution is -0.135. The van der Waals surface area contributed by atoms with Crippen molar-refractivity contribution in [2.45, 2.75) is 57.7 Å². The summed E-state index contributed by atoms with van der Waals surface area (Å²) in [7, 11) is 0. The first-order chi connectivity index (χ1) is 14.6. The number of aldehydes is 1. The number of amides is 2. The average molecular weight is 436 g/mol. The molecule has 0 aliphatic rings. The quantitative estimate of drug-likeness (QED) is 0.105. The van der Waals surface area contributed by atoms with Crippen LogP contribution in [-0.4, -0.2) is 59.0 Å². The summed E-state index contributed by atoms with van der Waals surface area (Å²) >= 11 is 0. The maximum absolute atomic E-state index is 12.6. The van der Waals surface area contributed by atoms with Gasteiger partial charge in [0.2, 0.25) is 11.8 Å². The van der Waals surface area contributed by atoms with Gasteiger partial charge >= 0.3 is 0 Å². The predicted molar refractivity (Wildman–Crippen MR) is 117 cm³/mol. The Morgan fingerprint density at radius 3 is 2.29 bits per heavy atom. The third-order valence-corrected chi connectivity index (χ3v) is 4.65. The zero-order valence-electron chi connectivity index (χ0n) is 18.0. The molecule has 2 amide bonds. The monoisotopic (exact) mass is 435 g/mol. The summed E-state index contributed by atoms with van der Waals surface area (Å²) in [4.78, 5) is 40.1. The summed E-state index contributed by atoms with van der Waals surface area (Å²) in [6.45, 7) is 3.84. The Hall–Kier alpha value is -3.14. The van der Waals surface area contributed by atoms with Gasteiger partial charge in [-0.05, 0) is 49.3 Å². The van der Waals surface area contributed by atoms with E-state index in [2.05, 4.69) is 15.6 Å². The molecule has 0 spiro atoms. The molecular weight excluding hydrogens is 402 g/mol. The van der Waals surface area contributed by atoms with Crippen LogP contribution in [0.4, 0.5) is 0 Å². The molecule has 0 saturated heterocycles. The SMILES string of the molecule is CC(C)C(NC(=O)C(O)CCc1ccc(O)cc1)C(=O)NC(C=O)CCCN=C(N)N. The van der Waals surface area contributed by atoms with Gasteiger partial charge in [0.15, 0.2) is 5.96 Å². The van der Waals surface area contributed by atoms with E-state index in [-0.39, 0.29) is 24.0 Å². The molecule has 1 rings (SSSR count). The lowest BCUT2D eigenvalue weighted by atomic mass is 10.0. The third kappa shape index (κ3) is 9.94. The summed E-state index contributed by atoms with van der Waals surface area (Å²) in [5.74, 6) is -1.34. The molecule has 0 bridgehead atoms. The minimum Gasteiger partial charge on any atom is -0.508 e. The predicted octanol–water partition coefficient (Wildman–Crippen LogP) is -0.436. The number of aryl methyl sites for hydroxylation is 1. The van der Waals surface area contributed by atoms with Crippen LogP contribution in [0.25, 0.3) is 0 Å². The second-order valence-corrected chi connectivity index (χ2v) is 7.65. The van der Waals surface area contributed by atoms with Crippen LogP contribution in [0.3, 0.4) is 0 Å². The van der Waals surface area contributed by atoms with E-state index in [0.29, 0.717) is 32.1 Å². The molecule has 0 fully saturated rings. The fourth-order valence-electron chi connectivity index (χ4n) is 2.85. The van der Waals surface area contributed by atoms with E-state index in [1.807, 2.05) is 0 Å². The van der Waals surface area contributed by atoms with Crippen LogP contribution < -0.4 is 22.1 Å². The van der Waals surface area contributed by atoms with E-state index in [9.17, 15) is 24.6 Å². The minimum atomic E-state index is -1.30. The van der Waals surface area contributed by atoms with Crippen molar-refractivity contribution in [1.29, 1.82) is 0 Å². The van der Waals surface area contributed by atoms with Crippen LogP contribution >= 0.6 is 0 Å². The van der Waals surface area contributed by atoms with Crippen LogP contribution in [0.2, 0.25) is 0 Å².